The van der Waals surface area contributed by atoms with Crippen molar-refractivity contribution in [1.29, 1.82) is 0 Å². The fourth-order valence-corrected chi connectivity index (χ4v) is 6.17. The summed E-state index contributed by atoms with van der Waals surface area (Å²) < 4.78 is 34.3. The van der Waals surface area contributed by atoms with E-state index in [0.29, 0.717) is 49.4 Å². The van der Waals surface area contributed by atoms with Gasteiger partial charge in [0.2, 0.25) is 0 Å². The van der Waals surface area contributed by atoms with Crippen molar-refractivity contribution in [2.24, 2.45) is 10.2 Å². The van der Waals surface area contributed by atoms with Crippen molar-refractivity contribution in [2.45, 2.75) is 52.4 Å². The second-order valence-electron chi connectivity index (χ2n) is 13.7. The van der Waals surface area contributed by atoms with E-state index in [-0.39, 0.29) is 16.9 Å². The highest BCUT2D eigenvalue weighted by molar-refractivity contribution is 5.97. The number of azo groups is 1. The molecule has 0 fully saturated rings. The van der Waals surface area contributed by atoms with Crippen LogP contribution in [0, 0.1) is 0 Å². The van der Waals surface area contributed by atoms with Crippen LogP contribution in [-0.4, -0.2) is 38.4 Å². The Labute approximate surface area is 351 Å². The number of rotatable bonds is 22. The molecule has 0 heterocycles. The van der Waals surface area contributed by atoms with Crippen molar-refractivity contribution in [3.05, 3.63) is 157 Å². The van der Waals surface area contributed by atoms with Gasteiger partial charge in [-0.15, -0.1) is 0 Å². The number of nitrogens with zero attached hydrogens (tertiary/aromatic N) is 2. The molecule has 60 heavy (non-hydrogen) atoms. The Kier molecular flexibility index (Phi) is 16.3. The Morgan fingerprint density at radius 3 is 1.45 bits per heavy atom. The number of benzene rings is 6. The zero-order valence-corrected chi connectivity index (χ0v) is 34.1. The van der Waals surface area contributed by atoms with Gasteiger partial charge in [-0.25, -0.2) is 9.59 Å². The topological polar surface area (TPSA) is 114 Å². The van der Waals surface area contributed by atoms with Gasteiger partial charge in [-0.05, 0) is 141 Å². The number of hydrogen-bond acceptors (Lipinski definition) is 10. The van der Waals surface area contributed by atoms with E-state index in [4.69, 9.17) is 28.4 Å². The summed E-state index contributed by atoms with van der Waals surface area (Å²) in [5.41, 5.74) is 4.29. The number of carbonyl (C=O) groups excluding carboxylic acids is 2. The zero-order valence-electron chi connectivity index (χ0n) is 34.1. The molecule has 0 spiro atoms. The van der Waals surface area contributed by atoms with E-state index in [1.54, 1.807) is 48.5 Å². The summed E-state index contributed by atoms with van der Waals surface area (Å²) in [7, 11) is 0. The van der Waals surface area contributed by atoms with Gasteiger partial charge in [0.05, 0.1) is 43.4 Å². The lowest BCUT2D eigenvalue weighted by Crippen LogP contribution is -2.14. The monoisotopic (exact) mass is 806 g/mol. The van der Waals surface area contributed by atoms with Crippen LogP contribution < -0.4 is 28.4 Å². The summed E-state index contributed by atoms with van der Waals surface area (Å²) in [6, 6.07) is 44.1. The van der Waals surface area contributed by atoms with Gasteiger partial charge in [-0.2, -0.15) is 10.2 Å². The van der Waals surface area contributed by atoms with Crippen molar-refractivity contribution in [1.82, 2.24) is 0 Å². The maximum atomic E-state index is 13.3. The van der Waals surface area contributed by atoms with Gasteiger partial charge < -0.3 is 28.4 Å². The molecule has 0 saturated heterocycles. The van der Waals surface area contributed by atoms with Gasteiger partial charge in [0, 0.05) is 0 Å². The van der Waals surface area contributed by atoms with Crippen LogP contribution in [0.25, 0.3) is 11.1 Å². The van der Waals surface area contributed by atoms with Gasteiger partial charge >= 0.3 is 11.9 Å². The fourth-order valence-electron chi connectivity index (χ4n) is 6.17. The maximum absolute atomic E-state index is 13.3. The quantitative estimate of drug-likeness (QED) is 0.0288. The SMILES string of the molecule is CCOc1ccc(OC(=O)c2ccc(C(=O)Oc3ccc(OCC)cc3)c(OCCCCCCCCOc3ccc(N=Nc4ccc(-c5ccccc5)cc4)cc3)c2)cc1. The van der Waals surface area contributed by atoms with Crippen LogP contribution in [0.5, 0.6) is 34.5 Å². The van der Waals surface area contributed by atoms with E-state index < -0.39 is 11.9 Å². The fraction of sp³-hybridized carbons (Fsp3) is 0.240. The van der Waals surface area contributed by atoms with Crippen molar-refractivity contribution in [3.8, 4) is 45.6 Å². The van der Waals surface area contributed by atoms with E-state index in [9.17, 15) is 9.59 Å². The Morgan fingerprint density at radius 2 is 0.883 bits per heavy atom. The molecule has 0 aromatic heterocycles. The summed E-state index contributed by atoms with van der Waals surface area (Å²) in [4.78, 5) is 26.4. The molecule has 308 valence electrons. The van der Waals surface area contributed by atoms with E-state index in [0.717, 1.165) is 61.2 Å². The molecule has 0 atom stereocenters. The van der Waals surface area contributed by atoms with Crippen LogP contribution in [0.2, 0.25) is 0 Å². The smallest absolute Gasteiger partial charge is 0.347 e. The number of hydrogen-bond donors (Lipinski definition) is 0. The summed E-state index contributed by atoms with van der Waals surface area (Å²) in [5.74, 6) is 1.93. The molecule has 0 aliphatic heterocycles. The van der Waals surface area contributed by atoms with Crippen LogP contribution in [0.15, 0.2) is 156 Å². The number of ether oxygens (including phenoxy) is 6. The second kappa shape index (κ2) is 22.9. The number of unbranched alkanes of at least 4 members (excludes halogenated alkanes) is 5. The van der Waals surface area contributed by atoms with E-state index in [1.807, 2.05) is 80.6 Å². The molecule has 0 bridgehead atoms. The molecule has 6 aromatic carbocycles. The average Bonchev–Trinajstić information content (AvgIpc) is 3.28. The lowest BCUT2D eigenvalue weighted by Gasteiger charge is -2.13. The summed E-state index contributed by atoms with van der Waals surface area (Å²) >= 11 is 0. The third-order valence-electron chi connectivity index (χ3n) is 9.28. The summed E-state index contributed by atoms with van der Waals surface area (Å²) in [6.45, 7) is 5.85. The highest BCUT2D eigenvalue weighted by Crippen LogP contribution is 2.28. The van der Waals surface area contributed by atoms with Gasteiger partial charge in [-0.3, -0.25) is 0 Å². The molecular formula is C50H50N2O8. The molecule has 0 amide bonds. The first-order valence-electron chi connectivity index (χ1n) is 20.4. The van der Waals surface area contributed by atoms with Crippen molar-refractivity contribution >= 4 is 23.3 Å². The predicted molar refractivity (Wildman–Crippen MR) is 233 cm³/mol. The lowest BCUT2D eigenvalue weighted by molar-refractivity contribution is 0.0716. The normalized spacial score (nSPS) is 10.9. The molecule has 0 aliphatic rings. The van der Waals surface area contributed by atoms with Gasteiger partial charge in [-0.1, -0.05) is 68.1 Å². The Balaban J connectivity index is 0.920. The molecule has 6 rings (SSSR count). The highest BCUT2D eigenvalue weighted by atomic mass is 16.5. The predicted octanol–water partition coefficient (Wildman–Crippen LogP) is 12.8. The molecule has 10 nitrogen and oxygen atoms in total. The first kappa shape index (κ1) is 42.7. The second-order valence-corrected chi connectivity index (χ2v) is 13.7. The third-order valence-corrected chi connectivity index (χ3v) is 9.28. The van der Waals surface area contributed by atoms with Crippen molar-refractivity contribution < 1.29 is 38.0 Å². The van der Waals surface area contributed by atoms with Crippen molar-refractivity contribution in [3.63, 3.8) is 0 Å². The van der Waals surface area contributed by atoms with Crippen LogP contribution in [0.4, 0.5) is 11.4 Å². The Bertz CT molecular complexity index is 2260. The highest BCUT2D eigenvalue weighted by Gasteiger charge is 2.19. The van der Waals surface area contributed by atoms with E-state index >= 15 is 0 Å². The minimum atomic E-state index is -0.606. The first-order valence-corrected chi connectivity index (χ1v) is 20.4. The van der Waals surface area contributed by atoms with Crippen LogP contribution in [0.3, 0.4) is 0 Å². The molecule has 0 aliphatic carbocycles. The van der Waals surface area contributed by atoms with Crippen LogP contribution in [0.1, 0.15) is 73.1 Å². The molecule has 0 radical (unpaired) electrons. The van der Waals surface area contributed by atoms with Gasteiger partial charge in [0.1, 0.15) is 40.1 Å². The summed E-state index contributed by atoms with van der Waals surface area (Å²) in [6.07, 6.45) is 5.78. The molecule has 0 unspecified atom stereocenters. The van der Waals surface area contributed by atoms with Crippen LogP contribution >= 0.6 is 0 Å². The van der Waals surface area contributed by atoms with Crippen LogP contribution in [-0.2, 0) is 0 Å². The minimum Gasteiger partial charge on any atom is -0.494 e. The lowest BCUT2D eigenvalue weighted by atomic mass is 10.1. The molecular weight excluding hydrogens is 757 g/mol. The minimum absolute atomic E-state index is 0.200. The molecule has 10 heteroatoms. The molecule has 6 aromatic rings. The van der Waals surface area contributed by atoms with Crippen molar-refractivity contribution in [2.75, 3.05) is 26.4 Å². The van der Waals surface area contributed by atoms with Gasteiger partial charge in [0.15, 0.2) is 0 Å². The number of esters is 2. The average molecular weight is 807 g/mol. The maximum Gasteiger partial charge on any atom is 0.347 e. The Hall–Kier alpha value is -6.94. The first-order chi connectivity index (χ1) is 29.5. The Morgan fingerprint density at radius 1 is 0.433 bits per heavy atom. The number of carbonyl (C=O) groups is 2. The third kappa shape index (κ3) is 13.3. The zero-order chi connectivity index (χ0) is 41.8. The standard InChI is InChI=1S/C50H50N2O8/c1-3-55-42-25-29-45(30-26-42)59-49(53)39-18-33-47(50(54)60-46-31-27-43(28-32-46)56-4-2)48(36-39)58-35-13-8-6-5-7-12-34-57-44-23-21-41(22-24-44)52-51-40-19-16-38(17-20-40)37-14-10-9-11-15-37/h9-11,14-33,36H,3-8,12-13,34-35H2,1-2H3. The summed E-state index contributed by atoms with van der Waals surface area (Å²) in [5, 5.41) is 8.74. The van der Waals surface area contributed by atoms with Gasteiger partial charge in [0.25, 0.3) is 0 Å². The molecule has 0 saturated carbocycles. The molecule has 0 N–H and O–H groups in total. The largest absolute Gasteiger partial charge is 0.494 e. The van der Waals surface area contributed by atoms with E-state index in [1.165, 1.54) is 23.8 Å². The van der Waals surface area contributed by atoms with E-state index in [2.05, 4.69) is 22.4 Å².